The number of rotatable bonds is 5. The average molecular weight is 341 g/mol. The van der Waals surface area contributed by atoms with Crippen LogP contribution in [0.25, 0.3) is 11.5 Å². The zero-order chi connectivity index (χ0) is 17.1. The van der Waals surface area contributed by atoms with Crippen LogP contribution >= 0.6 is 11.8 Å². The van der Waals surface area contributed by atoms with Crippen molar-refractivity contribution >= 4 is 17.4 Å². The van der Waals surface area contributed by atoms with Gasteiger partial charge >= 0.3 is 0 Å². The summed E-state index contributed by atoms with van der Waals surface area (Å²) in [5, 5.41) is 19.4. The summed E-state index contributed by atoms with van der Waals surface area (Å²) < 4.78 is 5.69. The van der Waals surface area contributed by atoms with Crippen molar-refractivity contribution in [3.8, 4) is 11.5 Å². The third-order valence-corrected chi connectivity index (χ3v) is 4.53. The SMILES string of the molecule is Cc1ccc(-c2nnc(SC(C)c3cccc([N+](=O)[O-])c3)o2)cc1. The summed E-state index contributed by atoms with van der Waals surface area (Å²) in [6.45, 7) is 3.96. The van der Waals surface area contributed by atoms with Crippen LogP contribution in [0.15, 0.2) is 58.2 Å². The molecule has 3 aromatic rings. The molecule has 0 radical (unpaired) electrons. The highest BCUT2D eigenvalue weighted by atomic mass is 32.2. The van der Waals surface area contributed by atoms with Crippen molar-refractivity contribution in [2.45, 2.75) is 24.3 Å². The number of nitro groups is 1. The number of benzene rings is 2. The van der Waals surface area contributed by atoms with Crippen molar-refractivity contribution in [1.29, 1.82) is 0 Å². The third-order valence-electron chi connectivity index (χ3n) is 3.53. The van der Waals surface area contributed by atoms with Crippen molar-refractivity contribution in [3.05, 3.63) is 69.8 Å². The Morgan fingerprint density at radius 2 is 1.92 bits per heavy atom. The molecule has 0 amide bonds. The smallest absolute Gasteiger partial charge is 0.277 e. The Bertz CT molecular complexity index is 862. The van der Waals surface area contributed by atoms with Gasteiger partial charge in [-0.2, -0.15) is 0 Å². The molecule has 0 aliphatic heterocycles. The molecule has 24 heavy (non-hydrogen) atoms. The molecule has 0 saturated heterocycles. The van der Waals surface area contributed by atoms with Crippen LogP contribution in [0.5, 0.6) is 0 Å². The maximum Gasteiger partial charge on any atom is 0.277 e. The fourth-order valence-corrected chi connectivity index (χ4v) is 2.98. The fourth-order valence-electron chi connectivity index (χ4n) is 2.18. The number of nitrogens with zero attached hydrogens (tertiary/aromatic N) is 3. The van der Waals surface area contributed by atoms with Crippen molar-refractivity contribution in [3.63, 3.8) is 0 Å². The Morgan fingerprint density at radius 3 is 2.62 bits per heavy atom. The molecule has 0 fully saturated rings. The summed E-state index contributed by atoms with van der Waals surface area (Å²) in [7, 11) is 0. The van der Waals surface area contributed by atoms with E-state index in [4.69, 9.17) is 4.42 Å². The molecule has 0 aliphatic rings. The lowest BCUT2D eigenvalue weighted by Gasteiger charge is -2.08. The van der Waals surface area contributed by atoms with E-state index in [0.717, 1.165) is 16.7 Å². The standard InChI is InChI=1S/C17H15N3O3S/c1-11-6-8-13(9-7-11)16-18-19-17(23-16)24-12(2)14-4-3-5-15(10-14)20(21)22/h3-10,12H,1-2H3. The van der Waals surface area contributed by atoms with Gasteiger partial charge in [0.1, 0.15) is 0 Å². The van der Waals surface area contributed by atoms with Gasteiger partial charge in [-0.25, -0.2) is 0 Å². The summed E-state index contributed by atoms with van der Waals surface area (Å²) in [6, 6.07) is 14.4. The first-order valence-electron chi connectivity index (χ1n) is 7.34. The molecule has 0 spiro atoms. The summed E-state index contributed by atoms with van der Waals surface area (Å²) in [5.41, 5.74) is 2.94. The minimum absolute atomic E-state index is 0.0452. The summed E-state index contributed by atoms with van der Waals surface area (Å²) in [6.07, 6.45) is 0. The van der Waals surface area contributed by atoms with Crippen LogP contribution in [0.3, 0.4) is 0 Å². The molecule has 0 N–H and O–H groups in total. The van der Waals surface area contributed by atoms with E-state index >= 15 is 0 Å². The zero-order valence-electron chi connectivity index (χ0n) is 13.2. The van der Waals surface area contributed by atoms with Gasteiger partial charge in [-0.3, -0.25) is 10.1 Å². The van der Waals surface area contributed by atoms with Crippen LogP contribution in [0, 0.1) is 17.0 Å². The molecule has 1 aromatic heterocycles. The highest BCUT2D eigenvalue weighted by molar-refractivity contribution is 7.99. The van der Waals surface area contributed by atoms with Crippen molar-refractivity contribution in [1.82, 2.24) is 10.2 Å². The number of aryl methyl sites for hydroxylation is 1. The van der Waals surface area contributed by atoms with Gasteiger partial charge in [0.25, 0.3) is 10.9 Å². The molecule has 7 heteroatoms. The molecule has 1 unspecified atom stereocenters. The number of nitro benzene ring substituents is 1. The topological polar surface area (TPSA) is 82.1 Å². The van der Waals surface area contributed by atoms with Crippen LogP contribution in [0.1, 0.15) is 23.3 Å². The second-order valence-corrected chi connectivity index (χ2v) is 6.64. The van der Waals surface area contributed by atoms with Gasteiger partial charge in [-0.05, 0) is 31.5 Å². The molecular weight excluding hydrogens is 326 g/mol. The van der Waals surface area contributed by atoms with E-state index in [-0.39, 0.29) is 10.9 Å². The molecule has 0 saturated carbocycles. The van der Waals surface area contributed by atoms with E-state index in [1.165, 1.54) is 17.8 Å². The highest BCUT2D eigenvalue weighted by Crippen LogP contribution is 2.36. The summed E-state index contributed by atoms with van der Waals surface area (Å²) in [4.78, 5) is 10.5. The highest BCUT2D eigenvalue weighted by Gasteiger charge is 2.16. The second kappa shape index (κ2) is 6.84. The molecule has 0 bridgehead atoms. The second-order valence-electron chi connectivity index (χ2n) is 5.35. The number of non-ortho nitro benzene ring substituents is 1. The normalized spacial score (nSPS) is 12.1. The fraction of sp³-hybridized carbons (Fsp3) is 0.176. The Balaban J connectivity index is 1.75. The van der Waals surface area contributed by atoms with Gasteiger partial charge in [0, 0.05) is 22.9 Å². The third kappa shape index (κ3) is 3.62. The van der Waals surface area contributed by atoms with Crippen molar-refractivity contribution in [2.24, 2.45) is 0 Å². The molecule has 122 valence electrons. The van der Waals surface area contributed by atoms with E-state index < -0.39 is 4.92 Å². The monoisotopic (exact) mass is 341 g/mol. The zero-order valence-corrected chi connectivity index (χ0v) is 14.0. The maximum atomic E-state index is 10.9. The number of hydrogen-bond acceptors (Lipinski definition) is 6. The Hall–Kier alpha value is -2.67. The van der Waals surface area contributed by atoms with Gasteiger partial charge in [-0.1, -0.05) is 41.6 Å². The average Bonchev–Trinajstić information content (AvgIpc) is 3.04. The minimum atomic E-state index is -0.400. The van der Waals surface area contributed by atoms with Crippen LogP contribution in [-0.2, 0) is 0 Å². The Labute approximate surface area is 143 Å². The van der Waals surface area contributed by atoms with E-state index in [9.17, 15) is 10.1 Å². The molecular formula is C17H15N3O3S. The quantitative estimate of drug-likeness (QED) is 0.376. The first kappa shape index (κ1) is 16.2. The van der Waals surface area contributed by atoms with Crippen LogP contribution < -0.4 is 0 Å². The molecule has 0 aliphatic carbocycles. The van der Waals surface area contributed by atoms with Gasteiger partial charge in [0.2, 0.25) is 5.89 Å². The van der Waals surface area contributed by atoms with Crippen LogP contribution in [0.2, 0.25) is 0 Å². The number of hydrogen-bond donors (Lipinski definition) is 0. The van der Waals surface area contributed by atoms with Crippen molar-refractivity contribution in [2.75, 3.05) is 0 Å². The molecule has 1 atom stereocenters. The lowest BCUT2D eigenvalue weighted by molar-refractivity contribution is -0.384. The first-order chi connectivity index (χ1) is 11.5. The molecule has 1 heterocycles. The van der Waals surface area contributed by atoms with E-state index in [1.54, 1.807) is 12.1 Å². The maximum absolute atomic E-state index is 10.9. The van der Waals surface area contributed by atoms with Crippen LogP contribution in [0.4, 0.5) is 5.69 Å². The van der Waals surface area contributed by atoms with E-state index in [1.807, 2.05) is 44.2 Å². The largest absolute Gasteiger partial charge is 0.411 e. The van der Waals surface area contributed by atoms with Gasteiger partial charge in [0.15, 0.2) is 0 Å². The predicted octanol–water partition coefficient (Wildman–Crippen LogP) is 4.81. The summed E-state index contributed by atoms with van der Waals surface area (Å²) >= 11 is 1.37. The Morgan fingerprint density at radius 1 is 1.17 bits per heavy atom. The van der Waals surface area contributed by atoms with Gasteiger partial charge in [-0.15, -0.1) is 10.2 Å². The molecule has 6 nitrogen and oxygen atoms in total. The van der Waals surface area contributed by atoms with E-state index in [2.05, 4.69) is 10.2 Å². The van der Waals surface area contributed by atoms with Crippen LogP contribution in [-0.4, -0.2) is 15.1 Å². The van der Waals surface area contributed by atoms with Gasteiger partial charge in [0.05, 0.1) is 4.92 Å². The number of thioether (sulfide) groups is 1. The predicted molar refractivity (Wildman–Crippen MR) is 91.8 cm³/mol. The van der Waals surface area contributed by atoms with Gasteiger partial charge < -0.3 is 4.42 Å². The van der Waals surface area contributed by atoms with Crippen molar-refractivity contribution < 1.29 is 9.34 Å². The lowest BCUT2D eigenvalue weighted by Crippen LogP contribution is -1.92. The Kier molecular flexibility index (Phi) is 4.61. The number of aromatic nitrogens is 2. The lowest BCUT2D eigenvalue weighted by atomic mass is 10.1. The van der Waals surface area contributed by atoms with E-state index in [0.29, 0.717) is 11.1 Å². The molecule has 3 rings (SSSR count). The first-order valence-corrected chi connectivity index (χ1v) is 8.22. The minimum Gasteiger partial charge on any atom is -0.411 e. The molecule has 2 aromatic carbocycles. The summed E-state index contributed by atoms with van der Waals surface area (Å²) in [5.74, 6) is 0.462.